The largest absolute Gasteiger partial charge is 0.383 e. The zero-order valence-corrected chi connectivity index (χ0v) is 16.0. The number of thiazole rings is 1. The van der Waals surface area contributed by atoms with Crippen molar-refractivity contribution in [3.05, 3.63) is 51.1 Å². The number of fused-ring (bicyclic) bond motifs is 1. The topological polar surface area (TPSA) is 105 Å². The maximum absolute atomic E-state index is 12.7. The second kappa shape index (κ2) is 7.80. The number of methoxy groups -OCH3 is 1. The lowest BCUT2D eigenvalue weighted by Crippen LogP contribution is -2.20. The van der Waals surface area contributed by atoms with Crippen LogP contribution in [0.2, 0.25) is 0 Å². The van der Waals surface area contributed by atoms with Crippen LogP contribution in [0.25, 0.3) is 10.2 Å². The van der Waals surface area contributed by atoms with Crippen molar-refractivity contribution in [2.75, 3.05) is 13.7 Å². The van der Waals surface area contributed by atoms with Crippen LogP contribution in [-0.4, -0.2) is 38.9 Å². The summed E-state index contributed by atoms with van der Waals surface area (Å²) in [7, 11) is 1.59. The number of aromatic nitrogens is 3. The van der Waals surface area contributed by atoms with E-state index < -0.39 is 10.8 Å². The lowest BCUT2D eigenvalue weighted by Gasteiger charge is -2.08. The fraction of sp³-hybridized carbons (Fsp3) is 0.353. The van der Waals surface area contributed by atoms with Gasteiger partial charge in [-0.2, -0.15) is 10.1 Å². The van der Waals surface area contributed by atoms with E-state index in [0.29, 0.717) is 28.3 Å². The maximum Gasteiger partial charge on any atom is 0.297 e. The van der Waals surface area contributed by atoms with Gasteiger partial charge in [-0.15, -0.1) is 0 Å². The summed E-state index contributed by atoms with van der Waals surface area (Å²) in [5, 5.41) is 15.2. The first-order chi connectivity index (χ1) is 12.9. The lowest BCUT2D eigenvalue weighted by atomic mass is 10.3. The molecule has 1 aromatic carbocycles. The third kappa shape index (κ3) is 3.81. The van der Waals surface area contributed by atoms with Crippen molar-refractivity contribution in [2.45, 2.75) is 26.4 Å². The Bertz CT molecular complexity index is 1060. The molecule has 0 radical (unpaired) electrons. The number of nitrogens with zero attached hydrogens (tertiary/aromatic N) is 5. The van der Waals surface area contributed by atoms with Crippen LogP contribution in [0.5, 0.6) is 0 Å². The standard InChI is InChI=1S/C17H19N5O4S/c1-11(2)21-14(6-7-18-21)16(23)19-17-20(8-9-26-3)13-5-4-12(22(24)25)10-15(13)27-17/h4-7,10-11H,8-9H2,1-3H3. The van der Waals surface area contributed by atoms with Crippen molar-refractivity contribution in [1.82, 2.24) is 14.3 Å². The molecular formula is C17H19N5O4S. The number of hydrogen-bond acceptors (Lipinski definition) is 6. The molecule has 0 fully saturated rings. The second-order valence-electron chi connectivity index (χ2n) is 6.11. The molecule has 0 saturated heterocycles. The fourth-order valence-corrected chi connectivity index (χ4v) is 3.79. The van der Waals surface area contributed by atoms with E-state index in [2.05, 4.69) is 10.1 Å². The van der Waals surface area contributed by atoms with Gasteiger partial charge in [-0.25, -0.2) is 0 Å². The Morgan fingerprint density at radius 3 is 2.85 bits per heavy atom. The van der Waals surface area contributed by atoms with Gasteiger partial charge < -0.3 is 9.30 Å². The highest BCUT2D eigenvalue weighted by atomic mass is 32.1. The molecule has 3 aromatic rings. The van der Waals surface area contributed by atoms with Crippen LogP contribution in [0.15, 0.2) is 35.5 Å². The Hall–Kier alpha value is -2.85. The van der Waals surface area contributed by atoms with E-state index >= 15 is 0 Å². The zero-order chi connectivity index (χ0) is 19.6. The molecule has 142 valence electrons. The van der Waals surface area contributed by atoms with Gasteiger partial charge in [0.1, 0.15) is 5.69 Å². The molecule has 0 spiro atoms. The Kier molecular flexibility index (Phi) is 5.47. The minimum atomic E-state index is -0.443. The Morgan fingerprint density at radius 2 is 2.19 bits per heavy atom. The molecule has 1 amide bonds. The number of hydrogen-bond donors (Lipinski definition) is 0. The molecule has 0 aliphatic carbocycles. The Labute approximate surface area is 158 Å². The number of nitro groups is 1. The molecule has 3 rings (SSSR count). The van der Waals surface area contributed by atoms with Gasteiger partial charge in [0, 0.05) is 38.0 Å². The summed E-state index contributed by atoms with van der Waals surface area (Å²) in [6.07, 6.45) is 1.57. The van der Waals surface area contributed by atoms with E-state index in [1.807, 2.05) is 18.4 Å². The molecule has 0 aliphatic rings. The molecule has 0 N–H and O–H groups in total. The van der Waals surface area contributed by atoms with Gasteiger partial charge in [0.2, 0.25) is 0 Å². The van der Waals surface area contributed by atoms with E-state index in [0.717, 1.165) is 5.52 Å². The van der Waals surface area contributed by atoms with Crippen LogP contribution >= 0.6 is 11.3 Å². The third-order valence-electron chi connectivity index (χ3n) is 3.97. The van der Waals surface area contributed by atoms with Gasteiger partial charge in [0.05, 0.1) is 21.7 Å². The second-order valence-corrected chi connectivity index (χ2v) is 7.12. The number of ether oxygens (including phenoxy) is 1. The zero-order valence-electron chi connectivity index (χ0n) is 15.2. The number of amides is 1. The monoisotopic (exact) mass is 389 g/mol. The van der Waals surface area contributed by atoms with Gasteiger partial charge in [0.15, 0.2) is 4.80 Å². The van der Waals surface area contributed by atoms with Gasteiger partial charge in [-0.3, -0.25) is 19.6 Å². The SMILES string of the molecule is COCCn1c(=NC(=O)c2ccnn2C(C)C)sc2cc([N+](=O)[O-])ccc21. The Balaban J connectivity index is 2.13. The molecule has 0 bridgehead atoms. The summed E-state index contributed by atoms with van der Waals surface area (Å²) in [4.78, 5) is 28.0. The number of carbonyl (C=O) groups excluding carboxylic acids is 1. The van der Waals surface area contributed by atoms with Crippen molar-refractivity contribution in [1.29, 1.82) is 0 Å². The van der Waals surface area contributed by atoms with Crippen LogP contribution in [-0.2, 0) is 11.3 Å². The number of carbonyl (C=O) groups is 1. The summed E-state index contributed by atoms with van der Waals surface area (Å²) < 4.78 is 9.28. The first-order valence-corrected chi connectivity index (χ1v) is 9.13. The van der Waals surface area contributed by atoms with E-state index in [1.54, 1.807) is 30.1 Å². The minimum absolute atomic E-state index is 0.00148. The normalized spacial score (nSPS) is 12.2. The lowest BCUT2D eigenvalue weighted by molar-refractivity contribution is -0.384. The maximum atomic E-state index is 12.7. The number of non-ortho nitro benzene ring substituents is 1. The quantitative estimate of drug-likeness (QED) is 0.476. The molecule has 0 saturated carbocycles. The van der Waals surface area contributed by atoms with E-state index in [1.165, 1.54) is 23.5 Å². The predicted molar refractivity (Wildman–Crippen MR) is 101 cm³/mol. The van der Waals surface area contributed by atoms with Crippen LogP contribution < -0.4 is 4.80 Å². The van der Waals surface area contributed by atoms with Crippen LogP contribution in [0, 0.1) is 10.1 Å². The molecule has 0 atom stereocenters. The highest BCUT2D eigenvalue weighted by molar-refractivity contribution is 7.16. The molecule has 27 heavy (non-hydrogen) atoms. The highest BCUT2D eigenvalue weighted by Gasteiger charge is 2.16. The van der Waals surface area contributed by atoms with Crippen LogP contribution in [0.1, 0.15) is 30.4 Å². The molecule has 9 nitrogen and oxygen atoms in total. The average Bonchev–Trinajstić information content (AvgIpc) is 3.24. The Morgan fingerprint density at radius 1 is 1.41 bits per heavy atom. The van der Waals surface area contributed by atoms with Crippen molar-refractivity contribution in [2.24, 2.45) is 4.99 Å². The third-order valence-corrected chi connectivity index (χ3v) is 5.01. The van der Waals surface area contributed by atoms with E-state index in [4.69, 9.17) is 4.74 Å². The summed E-state index contributed by atoms with van der Waals surface area (Å²) in [6.45, 7) is 4.76. The first-order valence-electron chi connectivity index (χ1n) is 8.31. The summed E-state index contributed by atoms with van der Waals surface area (Å²) in [5.41, 5.74) is 1.16. The van der Waals surface area contributed by atoms with Gasteiger partial charge in [-0.1, -0.05) is 11.3 Å². The van der Waals surface area contributed by atoms with Crippen molar-refractivity contribution in [3.63, 3.8) is 0 Å². The van der Waals surface area contributed by atoms with Crippen molar-refractivity contribution >= 4 is 33.1 Å². The van der Waals surface area contributed by atoms with Gasteiger partial charge >= 0.3 is 0 Å². The smallest absolute Gasteiger partial charge is 0.297 e. The van der Waals surface area contributed by atoms with Crippen LogP contribution in [0.4, 0.5) is 5.69 Å². The summed E-state index contributed by atoms with van der Waals surface area (Å²) in [6, 6.07) is 6.26. The molecule has 2 aromatic heterocycles. The molecule has 2 heterocycles. The van der Waals surface area contributed by atoms with Gasteiger partial charge in [-0.05, 0) is 26.0 Å². The number of nitro benzene ring substituents is 1. The van der Waals surface area contributed by atoms with Crippen molar-refractivity contribution < 1.29 is 14.5 Å². The first kappa shape index (κ1) is 18.9. The highest BCUT2D eigenvalue weighted by Crippen LogP contribution is 2.23. The van der Waals surface area contributed by atoms with Crippen LogP contribution in [0.3, 0.4) is 0 Å². The number of rotatable bonds is 6. The molecule has 0 aliphatic heterocycles. The minimum Gasteiger partial charge on any atom is -0.383 e. The van der Waals surface area contributed by atoms with Crippen molar-refractivity contribution in [3.8, 4) is 0 Å². The summed E-state index contributed by atoms with van der Waals surface area (Å²) in [5.74, 6) is -0.409. The molecule has 0 unspecified atom stereocenters. The van der Waals surface area contributed by atoms with Gasteiger partial charge in [0.25, 0.3) is 11.6 Å². The summed E-state index contributed by atoms with van der Waals surface area (Å²) >= 11 is 1.23. The van der Waals surface area contributed by atoms with E-state index in [9.17, 15) is 14.9 Å². The predicted octanol–water partition coefficient (Wildman–Crippen LogP) is 2.78. The molecule has 10 heteroatoms. The average molecular weight is 389 g/mol. The van der Waals surface area contributed by atoms with E-state index in [-0.39, 0.29) is 11.7 Å². The number of benzene rings is 1. The molecular weight excluding hydrogens is 370 g/mol. The fourth-order valence-electron chi connectivity index (χ4n) is 2.70.